The number of carbonyl (C=O) groups is 2. The average Bonchev–Trinajstić information content (AvgIpc) is 2.95. The monoisotopic (exact) mass is 288 g/mol. The first-order valence-corrected chi connectivity index (χ1v) is 6.02. The van der Waals surface area contributed by atoms with E-state index in [0.717, 1.165) is 24.4 Å². The molecule has 1 fully saturated rings. The molecule has 0 saturated carbocycles. The molecule has 0 unspecified atom stereocenters. The minimum Gasteiger partial charge on any atom is -0.473 e. The van der Waals surface area contributed by atoms with Crippen molar-refractivity contribution >= 4 is 11.9 Å². The molecule has 0 radical (unpaired) electrons. The fourth-order valence-electron chi connectivity index (χ4n) is 2.16. The summed E-state index contributed by atoms with van der Waals surface area (Å²) < 4.78 is 17.9. The first-order chi connectivity index (χ1) is 9.36. The van der Waals surface area contributed by atoms with E-state index in [1.54, 1.807) is 0 Å². The van der Waals surface area contributed by atoms with Crippen LogP contribution in [0.5, 0.6) is 0 Å². The van der Waals surface area contributed by atoms with Crippen molar-refractivity contribution < 1.29 is 28.7 Å². The van der Waals surface area contributed by atoms with Crippen molar-refractivity contribution in [1.29, 1.82) is 0 Å². The quantitative estimate of drug-likeness (QED) is 0.785. The Bertz CT molecular complexity index is 464. The SMILES string of the molecule is Cc1cc([C@@H]2[C@@H](CF)CCN2C)on1.O=C(O)C(=O)O. The number of carboxylic acids is 2. The molecule has 2 N–H and O–H groups in total. The van der Waals surface area contributed by atoms with Gasteiger partial charge in [-0.05, 0) is 26.9 Å². The molecule has 2 heterocycles. The van der Waals surface area contributed by atoms with Gasteiger partial charge in [0, 0.05) is 12.0 Å². The zero-order valence-electron chi connectivity index (χ0n) is 11.2. The van der Waals surface area contributed by atoms with Crippen LogP contribution in [0.1, 0.15) is 23.9 Å². The number of aryl methyl sites for hydroxylation is 1. The summed E-state index contributed by atoms with van der Waals surface area (Å²) in [7, 11) is 2.00. The number of hydrogen-bond donors (Lipinski definition) is 2. The van der Waals surface area contributed by atoms with Gasteiger partial charge in [0.2, 0.25) is 0 Å². The van der Waals surface area contributed by atoms with E-state index in [-0.39, 0.29) is 18.6 Å². The lowest BCUT2D eigenvalue weighted by Gasteiger charge is -2.20. The molecule has 2 rings (SSSR count). The summed E-state index contributed by atoms with van der Waals surface area (Å²) in [5, 5.41) is 18.6. The van der Waals surface area contributed by atoms with Crippen LogP contribution >= 0.6 is 0 Å². The lowest BCUT2D eigenvalue weighted by atomic mass is 10.00. The number of alkyl halides is 1. The Morgan fingerprint density at radius 2 is 2.10 bits per heavy atom. The van der Waals surface area contributed by atoms with Gasteiger partial charge < -0.3 is 14.7 Å². The fourth-order valence-corrected chi connectivity index (χ4v) is 2.16. The molecular formula is C12H17FN2O5. The summed E-state index contributed by atoms with van der Waals surface area (Å²) in [6.45, 7) is 2.53. The van der Waals surface area contributed by atoms with Gasteiger partial charge >= 0.3 is 11.9 Å². The van der Waals surface area contributed by atoms with Gasteiger partial charge in [-0.25, -0.2) is 9.59 Å². The minimum absolute atomic E-state index is 0.0624. The van der Waals surface area contributed by atoms with E-state index in [2.05, 4.69) is 10.1 Å². The number of nitrogens with zero attached hydrogens (tertiary/aromatic N) is 2. The minimum atomic E-state index is -1.82. The summed E-state index contributed by atoms with van der Waals surface area (Å²) in [4.78, 5) is 20.3. The average molecular weight is 288 g/mol. The van der Waals surface area contributed by atoms with Gasteiger partial charge in [-0.15, -0.1) is 0 Å². The summed E-state index contributed by atoms with van der Waals surface area (Å²) in [6.07, 6.45) is 0.900. The number of halogens is 1. The van der Waals surface area contributed by atoms with Gasteiger partial charge in [-0.1, -0.05) is 5.16 Å². The summed E-state index contributed by atoms with van der Waals surface area (Å²) >= 11 is 0. The molecule has 1 saturated heterocycles. The largest absolute Gasteiger partial charge is 0.473 e. The Labute approximate surface area is 115 Å². The molecule has 7 nitrogen and oxygen atoms in total. The predicted molar refractivity (Wildman–Crippen MR) is 66.0 cm³/mol. The molecule has 0 bridgehead atoms. The predicted octanol–water partition coefficient (Wildman–Crippen LogP) is 1.10. The third kappa shape index (κ3) is 4.02. The van der Waals surface area contributed by atoms with E-state index in [0.29, 0.717) is 0 Å². The van der Waals surface area contributed by atoms with Crippen molar-refractivity contribution in [1.82, 2.24) is 10.1 Å². The Balaban J connectivity index is 0.000000286. The highest BCUT2D eigenvalue weighted by molar-refractivity contribution is 6.27. The number of likely N-dealkylation sites (tertiary alicyclic amines) is 1. The molecule has 0 aliphatic carbocycles. The van der Waals surface area contributed by atoms with Crippen molar-refractivity contribution in [3.05, 3.63) is 17.5 Å². The van der Waals surface area contributed by atoms with Gasteiger partial charge in [0.15, 0.2) is 5.76 Å². The fraction of sp³-hybridized carbons (Fsp3) is 0.583. The second-order valence-electron chi connectivity index (χ2n) is 4.61. The summed E-state index contributed by atoms with van der Waals surface area (Å²) in [5.41, 5.74) is 0.859. The number of aliphatic carboxylic acids is 2. The zero-order valence-corrected chi connectivity index (χ0v) is 11.2. The van der Waals surface area contributed by atoms with Crippen LogP contribution in [0, 0.1) is 12.8 Å². The maximum Gasteiger partial charge on any atom is 0.414 e. The second kappa shape index (κ2) is 6.99. The first-order valence-electron chi connectivity index (χ1n) is 6.02. The Hall–Kier alpha value is -1.96. The highest BCUT2D eigenvalue weighted by Gasteiger charge is 2.35. The van der Waals surface area contributed by atoms with E-state index in [1.165, 1.54) is 0 Å². The van der Waals surface area contributed by atoms with Crippen LogP contribution in [-0.4, -0.2) is 52.5 Å². The van der Waals surface area contributed by atoms with Gasteiger partial charge in [-0.2, -0.15) is 0 Å². The molecule has 2 atom stereocenters. The van der Waals surface area contributed by atoms with Gasteiger partial charge in [-0.3, -0.25) is 9.29 Å². The molecule has 1 aromatic rings. The maximum absolute atomic E-state index is 12.7. The van der Waals surface area contributed by atoms with Crippen LogP contribution in [0.15, 0.2) is 10.6 Å². The summed E-state index contributed by atoms with van der Waals surface area (Å²) in [6, 6.07) is 1.97. The van der Waals surface area contributed by atoms with Crippen LogP contribution in [0.3, 0.4) is 0 Å². The van der Waals surface area contributed by atoms with Crippen molar-refractivity contribution in [2.24, 2.45) is 5.92 Å². The van der Waals surface area contributed by atoms with E-state index in [1.807, 2.05) is 20.0 Å². The smallest absolute Gasteiger partial charge is 0.414 e. The van der Waals surface area contributed by atoms with Crippen molar-refractivity contribution in [3.8, 4) is 0 Å². The molecule has 1 aliphatic rings. The normalized spacial score (nSPS) is 22.1. The van der Waals surface area contributed by atoms with E-state index >= 15 is 0 Å². The standard InChI is InChI=1S/C10H15FN2O.C2H2O4/c1-7-5-9(14-12-7)10-8(6-11)3-4-13(10)2;3-1(4)2(5)6/h5,8,10H,3-4,6H2,1-2H3;(H,3,4)(H,5,6)/t8-,10+;/m1./s1. The van der Waals surface area contributed by atoms with E-state index in [4.69, 9.17) is 24.3 Å². The number of rotatable bonds is 2. The highest BCUT2D eigenvalue weighted by Crippen LogP contribution is 2.36. The lowest BCUT2D eigenvalue weighted by molar-refractivity contribution is -0.159. The molecule has 1 aromatic heterocycles. The van der Waals surface area contributed by atoms with Gasteiger partial charge in [0.1, 0.15) is 0 Å². The number of carboxylic acid groups (broad SMARTS) is 2. The molecule has 8 heteroatoms. The van der Waals surface area contributed by atoms with Crippen molar-refractivity contribution in [2.45, 2.75) is 19.4 Å². The third-order valence-electron chi connectivity index (χ3n) is 3.09. The number of hydrogen-bond acceptors (Lipinski definition) is 5. The van der Waals surface area contributed by atoms with Crippen LogP contribution in [-0.2, 0) is 9.59 Å². The Kier molecular flexibility index (Phi) is 5.63. The molecule has 1 aliphatic heterocycles. The highest BCUT2D eigenvalue weighted by atomic mass is 19.1. The summed E-state index contributed by atoms with van der Waals surface area (Å²) in [5.74, 6) is -2.79. The zero-order chi connectivity index (χ0) is 15.3. The molecular weight excluding hydrogens is 271 g/mol. The maximum atomic E-state index is 12.7. The van der Waals surface area contributed by atoms with Crippen LogP contribution in [0.4, 0.5) is 4.39 Å². The van der Waals surface area contributed by atoms with Crippen LogP contribution in [0.2, 0.25) is 0 Å². The second-order valence-corrected chi connectivity index (χ2v) is 4.61. The molecule has 0 spiro atoms. The van der Waals surface area contributed by atoms with E-state index in [9.17, 15) is 4.39 Å². The lowest BCUT2D eigenvalue weighted by Crippen LogP contribution is -2.21. The van der Waals surface area contributed by atoms with E-state index < -0.39 is 11.9 Å². The Morgan fingerprint density at radius 3 is 2.50 bits per heavy atom. The Morgan fingerprint density at radius 1 is 1.50 bits per heavy atom. The van der Waals surface area contributed by atoms with Crippen LogP contribution in [0.25, 0.3) is 0 Å². The van der Waals surface area contributed by atoms with Gasteiger partial charge in [0.25, 0.3) is 0 Å². The number of aromatic nitrogens is 1. The topological polar surface area (TPSA) is 104 Å². The molecule has 112 valence electrons. The molecule has 0 aromatic carbocycles. The van der Waals surface area contributed by atoms with Gasteiger partial charge in [0.05, 0.1) is 18.4 Å². The molecule has 0 amide bonds. The molecule has 20 heavy (non-hydrogen) atoms. The first kappa shape index (κ1) is 16.1. The van der Waals surface area contributed by atoms with Crippen molar-refractivity contribution in [3.63, 3.8) is 0 Å². The van der Waals surface area contributed by atoms with Crippen molar-refractivity contribution in [2.75, 3.05) is 20.3 Å². The van der Waals surface area contributed by atoms with Crippen LogP contribution < -0.4 is 0 Å². The third-order valence-corrected chi connectivity index (χ3v) is 3.09.